The van der Waals surface area contributed by atoms with Crippen molar-refractivity contribution < 1.29 is 0 Å². The fourth-order valence-corrected chi connectivity index (χ4v) is 2.76. The molecular formula is C9H8ClNS2. The molecule has 0 amide bonds. The Bertz CT molecular complexity index is 450. The summed E-state index contributed by atoms with van der Waals surface area (Å²) in [5, 5.41) is 1.14. The lowest BCUT2D eigenvalue weighted by Crippen LogP contribution is -1.90. The van der Waals surface area contributed by atoms with Crippen LogP contribution in [0.2, 0.25) is 0 Å². The molecule has 0 unspecified atom stereocenters. The Morgan fingerprint density at radius 2 is 2.15 bits per heavy atom. The molecule has 0 aliphatic heterocycles. The van der Waals surface area contributed by atoms with Gasteiger partial charge in [-0.05, 0) is 29.1 Å². The van der Waals surface area contributed by atoms with Gasteiger partial charge in [-0.3, -0.25) is 0 Å². The third-order valence-corrected chi connectivity index (χ3v) is 3.50. The molecule has 0 fully saturated rings. The maximum absolute atomic E-state index is 5.80. The monoisotopic (exact) mass is 229 g/mol. The third-order valence-electron chi connectivity index (χ3n) is 1.91. The smallest absolute Gasteiger partial charge is 0.0580 e. The van der Waals surface area contributed by atoms with Crippen LogP contribution in [0.1, 0.15) is 5.56 Å². The van der Waals surface area contributed by atoms with Crippen LogP contribution in [0.4, 0.5) is 5.69 Å². The van der Waals surface area contributed by atoms with E-state index < -0.39 is 0 Å². The van der Waals surface area contributed by atoms with Crippen LogP contribution in [0.3, 0.4) is 0 Å². The number of anilines is 1. The number of nitrogens with two attached hydrogens (primary N) is 1. The molecule has 0 aliphatic carbocycles. The Kier molecular flexibility index (Phi) is 2.41. The Hall–Kier alpha value is -0.380. The molecule has 2 N–H and O–H groups in total. The molecule has 0 bridgehead atoms. The summed E-state index contributed by atoms with van der Waals surface area (Å²) in [6.45, 7) is 0. The first-order valence-corrected chi connectivity index (χ1v) is 5.57. The van der Waals surface area contributed by atoms with Crippen LogP contribution in [0.15, 0.2) is 22.4 Å². The molecule has 0 radical (unpaired) electrons. The molecule has 0 aliphatic rings. The molecule has 2 rings (SSSR count). The zero-order valence-electron chi connectivity index (χ0n) is 6.75. The Balaban J connectivity index is 2.72. The summed E-state index contributed by atoms with van der Waals surface area (Å²) >= 11 is 11.7. The highest BCUT2D eigenvalue weighted by Crippen LogP contribution is 2.31. The number of benzene rings is 1. The van der Waals surface area contributed by atoms with Crippen LogP contribution in [0.25, 0.3) is 10.1 Å². The van der Waals surface area contributed by atoms with Crippen molar-refractivity contribution >= 4 is 51.3 Å². The number of alkyl halides is 1. The minimum absolute atomic E-state index is 0.460. The van der Waals surface area contributed by atoms with Crippen molar-refractivity contribution in [3.63, 3.8) is 0 Å². The molecule has 1 heterocycles. The minimum Gasteiger partial charge on any atom is -0.398 e. The largest absolute Gasteiger partial charge is 0.398 e. The molecule has 0 spiro atoms. The maximum Gasteiger partial charge on any atom is 0.0580 e. The lowest BCUT2D eigenvalue weighted by atomic mass is 10.1. The number of thiol groups is 1. The lowest BCUT2D eigenvalue weighted by molar-refractivity contribution is 1.43. The summed E-state index contributed by atoms with van der Waals surface area (Å²) < 4.78 is 2.19. The Morgan fingerprint density at radius 1 is 1.38 bits per heavy atom. The second-order valence-electron chi connectivity index (χ2n) is 2.81. The van der Waals surface area contributed by atoms with E-state index in [0.29, 0.717) is 5.88 Å². The summed E-state index contributed by atoms with van der Waals surface area (Å²) in [5.74, 6) is 0.460. The van der Waals surface area contributed by atoms with Crippen LogP contribution >= 0.6 is 35.6 Å². The predicted molar refractivity (Wildman–Crippen MR) is 63.0 cm³/mol. The predicted octanol–water partition coefficient (Wildman–Crippen LogP) is 3.51. The molecule has 1 aromatic carbocycles. The van der Waals surface area contributed by atoms with Gasteiger partial charge in [0.1, 0.15) is 0 Å². The van der Waals surface area contributed by atoms with Gasteiger partial charge in [0.2, 0.25) is 0 Å². The Labute approximate surface area is 90.9 Å². The molecule has 1 aromatic heterocycles. The van der Waals surface area contributed by atoms with E-state index in [4.69, 9.17) is 17.3 Å². The summed E-state index contributed by atoms with van der Waals surface area (Å²) in [7, 11) is 0. The van der Waals surface area contributed by atoms with Gasteiger partial charge < -0.3 is 5.73 Å². The fraction of sp³-hybridized carbons (Fsp3) is 0.111. The number of nitrogen functional groups attached to an aromatic ring is 1. The average molecular weight is 230 g/mol. The molecule has 68 valence electrons. The van der Waals surface area contributed by atoms with Crippen molar-refractivity contribution in [3.8, 4) is 0 Å². The lowest BCUT2D eigenvalue weighted by Gasteiger charge is -2.00. The van der Waals surface area contributed by atoms with Crippen LogP contribution in [-0.2, 0) is 5.88 Å². The minimum atomic E-state index is 0.460. The number of rotatable bonds is 1. The van der Waals surface area contributed by atoms with Gasteiger partial charge in [-0.15, -0.1) is 35.6 Å². The van der Waals surface area contributed by atoms with E-state index in [1.54, 1.807) is 11.3 Å². The van der Waals surface area contributed by atoms with Crippen molar-refractivity contribution in [3.05, 3.63) is 23.8 Å². The van der Waals surface area contributed by atoms with Gasteiger partial charge in [-0.1, -0.05) is 0 Å². The fourth-order valence-electron chi connectivity index (χ4n) is 1.25. The molecule has 0 saturated heterocycles. The standard InChI is InChI=1S/C9H8ClNS2/c10-4-6-2-8-5(1-7(6)11)3-9(12)13-8/h1-3,12H,4,11H2. The highest BCUT2D eigenvalue weighted by Gasteiger charge is 2.03. The first-order valence-electron chi connectivity index (χ1n) is 3.77. The first kappa shape index (κ1) is 9.19. The summed E-state index contributed by atoms with van der Waals surface area (Å²) in [6.07, 6.45) is 0. The molecular weight excluding hydrogens is 222 g/mol. The molecule has 0 atom stereocenters. The van der Waals surface area contributed by atoms with E-state index in [1.165, 1.54) is 4.70 Å². The quantitative estimate of drug-likeness (QED) is 0.437. The summed E-state index contributed by atoms with van der Waals surface area (Å²) in [5.41, 5.74) is 7.55. The highest BCUT2D eigenvalue weighted by molar-refractivity contribution is 7.83. The number of halogens is 1. The van der Waals surface area contributed by atoms with Crippen molar-refractivity contribution in [2.75, 3.05) is 5.73 Å². The highest BCUT2D eigenvalue weighted by atomic mass is 35.5. The average Bonchev–Trinajstić information content (AvgIpc) is 2.42. The van der Waals surface area contributed by atoms with Gasteiger partial charge in [0.25, 0.3) is 0 Å². The van der Waals surface area contributed by atoms with Crippen molar-refractivity contribution in [1.29, 1.82) is 0 Å². The van der Waals surface area contributed by atoms with Gasteiger partial charge >= 0.3 is 0 Å². The zero-order valence-corrected chi connectivity index (χ0v) is 9.22. The topological polar surface area (TPSA) is 26.0 Å². The second kappa shape index (κ2) is 3.40. The normalized spacial score (nSPS) is 10.9. The van der Waals surface area contributed by atoms with Gasteiger partial charge in [0.05, 0.1) is 4.21 Å². The summed E-state index contributed by atoms with van der Waals surface area (Å²) in [4.78, 5) is 0. The van der Waals surface area contributed by atoms with Gasteiger partial charge in [-0.25, -0.2) is 0 Å². The van der Waals surface area contributed by atoms with E-state index >= 15 is 0 Å². The second-order valence-corrected chi connectivity index (χ2v) is 4.94. The van der Waals surface area contributed by atoms with Crippen molar-refractivity contribution in [1.82, 2.24) is 0 Å². The van der Waals surface area contributed by atoms with E-state index in [9.17, 15) is 0 Å². The van der Waals surface area contributed by atoms with Gasteiger partial charge in [0, 0.05) is 16.3 Å². The van der Waals surface area contributed by atoms with Crippen LogP contribution in [0.5, 0.6) is 0 Å². The molecule has 0 saturated carbocycles. The summed E-state index contributed by atoms with van der Waals surface area (Å²) in [6, 6.07) is 5.99. The van der Waals surface area contributed by atoms with Crippen molar-refractivity contribution in [2.45, 2.75) is 10.1 Å². The van der Waals surface area contributed by atoms with E-state index in [-0.39, 0.29) is 0 Å². The van der Waals surface area contributed by atoms with Crippen LogP contribution < -0.4 is 5.73 Å². The van der Waals surface area contributed by atoms with E-state index in [2.05, 4.69) is 12.6 Å². The SMILES string of the molecule is Nc1cc2cc(S)sc2cc1CCl. The maximum atomic E-state index is 5.80. The Morgan fingerprint density at radius 3 is 2.85 bits per heavy atom. The van der Waals surface area contributed by atoms with Crippen LogP contribution in [-0.4, -0.2) is 0 Å². The number of fused-ring (bicyclic) bond motifs is 1. The van der Waals surface area contributed by atoms with E-state index in [1.807, 2.05) is 18.2 Å². The van der Waals surface area contributed by atoms with Crippen molar-refractivity contribution in [2.24, 2.45) is 0 Å². The molecule has 13 heavy (non-hydrogen) atoms. The molecule has 2 aromatic rings. The number of hydrogen-bond acceptors (Lipinski definition) is 3. The number of hydrogen-bond donors (Lipinski definition) is 2. The molecule has 1 nitrogen and oxygen atoms in total. The van der Waals surface area contributed by atoms with Gasteiger partial charge in [-0.2, -0.15) is 0 Å². The first-order chi connectivity index (χ1) is 6.20. The zero-order chi connectivity index (χ0) is 9.42. The van der Waals surface area contributed by atoms with Crippen LogP contribution in [0, 0.1) is 0 Å². The third kappa shape index (κ3) is 1.64. The molecule has 4 heteroatoms. The van der Waals surface area contributed by atoms with Gasteiger partial charge in [0.15, 0.2) is 0 Å². The van der Waals surface area contributed by atoms with E-state index in [0.717, 1.165) is 20.8 Å². The number of thiophene rings is 1.